The first-order valence-corrected chi connectivity index (χ1v) is 11.8. The summed E-state index contributed by atoms with van der Waals surface area (Å²) in [7, 11) is -1.88. The van der Waals surface area contributed by atoms with Crippen molar-refractivity contribution in [2.75, 3.05) is 20.1 Å². The van der Waals surface area contributed by atoms with E-state index in [1.165, 1.54) is 0 Å². The molecule has 4 rings (SSSR count). The molecule has 160 valence electrons. The number of Topliss-reactive ketones (excluding diaryl/α,β-unsaturated/α-hetero) is 1. The van der Waals surface area contributed by atoms with E-state index in [9.17, 15) is 13.2 Å². The molecule has 1 aliphatic heterocycles. The fraction of sp³-hybridized carbons (Fsp3) is 0.333. The van der Waals surface area contributed by atoms with Gasteiger partial charge in [-0.15, -0.1) is 0 Å². The van der Waals surface area contributed by atoms with Crippen LogP contribution in [0.5, 0.6) is 0 Å². The summed E-state index contributed by atoms with van der Waals surface area (Å²) in [6.45, 7) is 3.93. The van der Waals surface area contributed by atoms with E-state index in [2.05, 4.69) is 11.9 Å². The predicted octanol–water partition coefficient (Wildman–Crippen LogP) is 4.09. The number of piperidine rings is 1. The van der Waals surface area contributed by atoms with E-state index < -0.39 is 15.8 Å². The Bertz CT molecular complexity index is 1280. The lowest BCUT2D eigenvalue weighted by Gasteiger charge is -2.29. The van der Waals surface area contributed by atoms with Gasteiger partial charge in [-0.05, 0) is 81.7 Å². The molecule has 1 aromatic heterocycles. The third-order valence-corrected chi connectivity index (χ3v) is 7.80. The number of ketones is 1. The fourth-order valence-electron chi connectivity index (χ4n) is 4.24. The van der Waals surface area contributed by atoms with Crippen LogP contribution in [0.15, 0.2) is 53.4 Å². The Labute approximate surface area is 182 Å². The van der Waals surface area contributed by atoms with Crippen molar-refractivity contribution >= 4 is 26.7 Å². The molecule has 1 aliphatic rings. The molecule has 2 heterocycles. The molecule has 1 fully saturated rings. The van der Waals surface area contributed by atoms with Gasteiger partial charge in [0.1, 0.15) is 12.1 Å². The Morgan fingerprint density at radius 2 is 1.77 bits per heavy atom. The number of carbonyl (C=O) groups is 1. The van der Waals surface area contributed by atoms with E-state index in [1.807, 2.05) is 25.1 Å². The summed E-state index contributed by atoms with van der Waals surface area (Å²) in [5, 5.41) is 9.72. The summed E-state index contributed by atoms with van der Waals surface area (Å²) in [6.07, 6.45) is 1.72. The summed E-state index contributed by atoms with van der Waals surface area (Å²) >= 11 is 0. The zero-order chi connectivity index (χ0) is 22.2. The lowest BCUT2D eigenvalue weighted by Crippen LogP contribution is -2.29. The first kappa shape index (κ1) is 21.3. The molecular weight excluding hydrogens is 410 g/mol. The van der Waals surface area contributed by atoms with Gasteiger partial charge in [0.15, 0.2) is 5.78 Å². The van der Waals surface area contributed by atoms with Crippen LogP contribution in [-0.2, 0) is 10.0 Å². The average Bonchev–Trinajstić information content (AvgIpc) is 3.14. The summed E-state index contributed by atoms with van der Waals surface area (Å²) in [5.74, 6) is -0.0915. The molecule has 6 nitrogen and oxygen atoms in total. The molecule has 7 heteroatoms. The van der Waals surface area contributed by atoms with Gasteiger partial charge in [0.25, 0.3) is 10.0 Å². The third-order valence-electron chi connectivity index (χ3n) is 6.06. The van der Waals surface area contributed by atoms with Crippen molar-refractivity contribution < 1.29 is 13.2 Å². The third kappa shape index (κ3) is 4.01. The molecule has 0 saturated carbocycles. The van der Waals surface area contributed by atoms with Crippen LogP contribution < -0.4 is 0 Å². The number of rotatable bonds is 5. The Hall–Kier alpha value is -2.95. The van der Waals surface area contributed by atoms with Crippen LogP contribution in [0.4, 0.5) is 0 Å². The van der Waals surface area contributed by atoms with Crippen LogP contribution in [0.1, 0.15) is 46.8 Å². The van der Waals surface area contributed by atoms with Gasteiger partial charge >= 0.3 is 0 Å². The van der Waals surface area contributed by atoms with Crippen molar-refractivity contribution in [2.24, 2.45) is 0 Å². The van der Waals surface area contributed by atoms with Crippen molar-refractivity contribution in [3.8, 4) is 6.07 Å². The molecule has 31 heavy (non-hydrogen) atoms. The van der Waals surface area contributed by atoms with Crippen LogP contribution in [0, 0.1) is 18.3 Å². The van der Waals surface area contributed by atoms with Crippen molar-refractivity contribution in [3.63, 3.8) is 0 Å². The monoisotopic (exact) mass is 435 g/mol. The van der Waals surface area contributed by atoms with Gasteiger partial charge in [0, 0.05) is 5.39 Å². The van der Waals surface area contributed by atoms with Crippen molar-refractivity contribution in [1.29, 1.82) is 5.26 Å². The number of carbonyl (C=O) groups excluding carboxylic acids is 1. The normalized spacial score (nSPS) is 15.8. The fourth-order valence-corrected chi connectivity index (χ4v) is 5.77. The summed E-state index contributed by atoms with van der Waals surface area (Å²) in [4.78, 5) is 15.1. The van der Waals surface area contributed by atoms with Crippen LogP contribution in [0.25, 0.3) is 10.9 Å². The lowest BCUT2D eigenvalue weighted by atomic mass is 9.89. The second-order valence-electron chi connectivity index (χ2n) is 8.27. The largest absolute Gasteiger partial charge is 0.306 e. The molecular formula is C24H25N3O3S. The summed E-state index contributed by atoms with van der Waals surface area (Å²) < 4.78 is 28.1. The minimum atomic E-state index is -4.00. The van der Waals surface area contributed by atoms with Crippen molar-refractivity contribution in [1.82, 2.24) is 8.87 Å². The Balaban J connectivity index is 1.86. The van der Waals surface area contributed by atoms with Gasteiger partial charge in [-0.1, -0.05) is 23.8 Å². The number of hydrogen-bond donors (Lipinski definition) is 0. The quantitative estimate of drug-likeness (QED) is 0.564. The molecule has 0 spiro atoms. The van der Waals surface area contributed by atoms with Crippen molar-refractivity contribution in [2.45, 2.75) is 37.0 Å². The highest BCUT2D eigenvalue weighted by molar-refractivity contribution is 7.90. The first-order chi connectivity index (χ1) is 14.8. The summed E-state index contributed by atoms with van der Waals surface area (Å²) in [5.41, 5.74) is 2.58. The average molecular weight is 436 g/mol. The molecule has 0 radical (unpaired) electrons. The van der Waals surface area contributed by atoms with Gasteiger partial charge in [-0.3, -0.25) is 4.79 Å². The zero-order valence-electron chi connectivity index (χ0n) is 17.7. The first-order valence-electron chi connectivity index (χ1n) is 10.4. The molecule has 0 N–H and O–H groups in total. The molecule has 0 aliphatic carbocycles. The Morgan fingerprint density at radius 1 is 1.10 bits per heavy atom. The number of aryl methyl sites for hydroxylation is 1. The maximum Gasteiger partial charge on any atom is 0.268 e. The number of likely N-dealkylation sites (tertiary alicyclic amines) is 1. The van der Waals surface area contributed by atoms with Crippen molar-refractivity contribution in [3.05, 3.63) is 65.4 Å². The minimum absolute atomic E-state index is 0.0256. The van der Waals surface area contributed by atoms with Gasteiger partial charge < -0.3 is 4.90 Å². The zero-order valence-corrected chi connectivity index (χ0v) is 18.5. The van der Waals surface area contributed by atoms with Crippen LogP contribution >= 0.6 is 0 Å². The molecule has 0 bridgehead atoms. The molecule has 0 unspecified atom stereocenters. The Kier molecular flexibility index (Phi) is 5.69. The lowest BCUT2D eigenvalue weighted by molar-refractivity contribution is 0.0992. The molecule has 3 aromatic rings. The SMILES string of the molecule is Cc1ccc(S(=O)(=O)n2c(C(=O)CC#N)cc3cc(C4CCN(C)CC4)ccc32)cc1. The maximum absolute atomic E-state index is 13.5. The smallest absolute Gasteiger partial charge is 0.268 e. The van der Waals surface area contributed by atoms with E-state index in [1.54, 1.807) is 36.4 Å². The van der Waals surface area contributed by atoms with Crippen LogP contribution in [0.2, 0.25) is 0 Å². The van der Waals surface area contributed by atoms with E-state index >= 15 is 0 Å². The minimum Gasteiger partial charge on any atom is -0.306 e. The van der Waals surface area contributed by atoms with Gasteiger partial charge in [0.05, 0.1) is 16.5 Å². The highest BCUT2D eigenvalue weighted by Gasteiger charge is 2.27. The topological polar surface area (TPSA) is 83.2 Å². The summed E-state index contributed by atoms with van der Waals surface area (Å²) in [6, 6.07) is 15.8. The van der Waals surface area contributed by atoms with Gasteiger partial charge in [0.2, 0.25) is 0 Å². The van der Waals surface area contributed by atoms with E-state index in [0.29, 0.717) is 16.8 Å². The second-order valence-corrected chi connectivity index (χ2v) is 10.1. The molecule has 1 saturated heterocycles. The number of hydrogen-bond acceptors (Lipinski definition) is 5. The maximum atomic E-state index is 13.5. The number of nitriles is 1. The van der Waals surface area contributed by atoms with E-state index in [-0.39, 0.29) is 17.0 Å². The predicted molar refractivity (Wildman–Crippen MR) is 120 cm³/mol. The van der Waals surface area contributed by atoms with Crippen LogP contribution in [0.3, 0.4) is 0 Å². The van der Waals surface area contributed by atoms with Gasteiger partial charge in [-0.2, -0.15) is 5.26 Å². The molecule has 2 aromatic carbocycles. The van der Waals surface area contributed by atoms with Crippen LogP contribution in [-0.4, -0.2) is 43.2 Å². The standard InChI is InChI=1S/C24H25N3O3S/c1-17-3-6-21(7-4-17)31(29,30)27-22-8-5-19(18-10-13-26(2)14-11-18)15-20(22)16-23(27)24(28)9-12-25/h3-8,15-16,18H,9-11,13-14H2,1-2H3. The van der Waals surface area contributed by atoms with E-state index in [4.69, 9.17) is 5.26 Å². The number of benzene rings is 2. The van der Waals surface area contributed by atoms with Gasteiger partial charge in [-0.25, -0.2) is 12.4 Å². The molecule has 0 atom stereocenters. The number of aromatic nitrogens is 1. The highest BCUT2D eigenvalue weighted by atomic mass is 32.2. The number of fused-ring (bicyclic) bond motifs is 1. The van der Waals surface area contributed by atoms with E-state index in [0.717, 1.165) is 41.0 Å². The number of nitrogens with zero attached hydrogens (tertiary/aromatic N) is 3. The molecule has 0 amide bonds. The second kappa shape index (κ2) is 8.29. The Morgan fingerprint density at radius 3 is 2.42 bits per heavy atom. The highest BCUT2D eigenvalue weighted by Crippen LogP contribution is 2.33.